The molecule has 0 heterocycles. The Morgan fingerprint density at radius 3 is 1.97 bits per heavy atom. The predicted molar refractivity (Wildman–Crippen MR) is 138 cm³/mol. The lowest BCUT2D eigenvalue weighted by Gasteiger charge is -2.25. The van der Waals surface area contributed by atoms with E-state index in [4.69, 9.17) is 17.2 Å². The van der Waals surface area contributed by atoms with E-state index in [-0.39, 0.29) is 37.0 Å². The van der Waals surface area contributed by atoms with Crippen molar-refractivity contribution >= 4 is 54.0 Å². The third kappa shape index (κ3) is 13.5. The van der Waals surface area contributed by atoms with E-state index in [0.29, 0.717) is 18.6 Å². The topological polar surface area (TPSA) is 215 Å². The van der Waals surface area contributed by atoms with Crippen molar-refractivity contribution in [3.8, 4) is 0 Å². The van der Waals surface area contributed by atoms with Crippen LogP contribution in [0.15, 0.2) is 4.99 Å². The molecule has 0 saturated heterocycles. The van der Waals surface area contributed by atoms with E-state index in [9.17, 15) is 24.3 Å². The highest BCUT2D eigenvalue weighted by atomic mass is 32.2. The molecule has 0 aliphatic carbocycles. The molecule has 0 aliphatic heterocycles. The van der Waals surface area contributed by atoms with Gasteiger partial charge >= 0.3 is 5.97 Å². The van der Waals surface area contributed by atoms with Gasteiger partial charge in [-0.15, -0.1) is 0 Å². The lowest BCUT2D eigenvalue weighted by molar-refractivity contribution is -0.141. The zero-order valence-electron chi connectivity index (χ0n) is 20.0. The number of nitrogens with zero attached hydrogens (tertiary/aromatic N) is 1. The van der Waals surface area contributed by atoms with Gasteiger partial charge in [0.15, 0.2) is 5.96 Å². The average molecular weight is 522 g/mol. The maximum Gasteiger partial charge on any atom is 0.327 e. The van der Waals surface area contributed by atoms with E-state index in [0.717, 1.165) is 0 Å². The molecule has 4 atom stereocenters. The van der Waals surface area contributed by atoms with Crippen LogP contribution in [0.3, 0.4) is 0 Å². The number of thiol groups is 1. The van der Waals surface area contributed by atoms with E-state index in [1.165, 1.54) is 11.8 Å². The molecule has 34 heavy (non-hydrogen) atoms. The number of hydrogen-bond acceptors (Lipinski definition) is 8. The number of carboxylic acid groups (broad SMARTS) is 1. The first-order chi connectivity index (χ1) is 15.9. The fourth-order valence-corrected chi connectivity index (χ4v) is 3.62. The van der Waals surface area contributed by atoms with Crippen molar-refractivity contribution in [1.29, 1.82) is 0 Å². The van der Waals surface area contributed by atoms with Gasteiger partial charge in [0.05, 0.1) is 6.04 Å². The molecule has 196 valence electrons. The first-order valence-electron chi connectivity index (χ1n) is 11.0. The summed E-state index contributed by atoms with van der Waals surface area (Å²) in [6.07, 6.45) is 3.13. The Hall–Kier alpha value is -2.19. The molecule has 0 radical (unpaired) electrons. The van der Waals surface area contributed by atoms with Crippen molar-refractivity contribution in [2.75, 3.05) is 24.3 Å². The quantitative estimate of drug-likeness (QED) is 0.0490. The highest BCUT2D eigenvalue weighted by Gasteiger charge is 2.29. The molecule has 0 spiro atoms. The molecule has 4 unspecified atom stereocenters. The second-order valence-corrected chi connectivity index (χ2v) is 9.52. The van der Waals surface area contributed by atoms with Crippen LogP contribution in [0.2, 0.25) is 0 Å². The maximum absolute atomic E-state index is 13.0. The minimum absolute atomic E-state index is 0.0880. The summed E-state index contributed by atoms with van der Waals surface area (Å²) >= 11 is 5.40. The number of aliphatic imine (C=N–C) groups is 1. The number of carbonyl (C=O) groups is 4. The summed E-state index contributed by atoms with van der Waals surface area (Å²) in [6.45, 7) is 4.10. The number of nitrogens with two attached hydrogens (primary N) is 3. The molecule has 10 N–H and O–H groups in total. The molecule has 0 aromatic heterocycles. The zero-order valence-corrected chi connectivity index (χ0v) is 21.7. The summed E-state index contributed by atoms with van der Waals surface area (Å²) in [6, 6.07) is -3.98. The summed E-state index contributed by atoms with van der Waals surface area (Å²) in [5.74, 6) is -2.43. The normalized spacial score (nSPS) is 14.4. The number of aliphatic carboxylic acids is 1. The molecule has 12 nitrogen and oxygen atoms in total. The molecule has 0 aromatic rings. The molecule has 0 bridgehead atoms. The van der Waals surface area contributed by atoms with Crippen molar-refractivity contribution < 1.29 is 24.3 Å². The summed E-state index contributed by atoms with van der Waals surface area (Å²) in [5, 5.41) is 16.8. The van der Waals surface area contributed by atoms with Crippen LogP contribution >= 0.6 is 24.4 Å². The zero-order chi connectivity index (χ0) is 26.3. The highest BCUT2D eigenvalue weighted by Crippen LogP contribution is 2.07. The number of hydrogen-bond donors (Lipinski definition) is 8. The number of rotatable bonds is 17. The third-order valence-electron chi connectivity index (χ3n) is 4.68. The molecule has 14 heteroatoms. The Labute approximate surface area is 210 Å². The molecule has 0 fully saturated rings. The Morgan fingerprint density at radius 1 is 0.971 bits per heavy atom. The SMILES string of the molecule is CSCCC(NC(=O)C(CCCN=C(N)N)NC(=O)C(N)CC(C)C)C(=O)NC(CS)C(=O)O. The Balaban J connectivity index is 5.47. The van der Waals surface area contributed by atoms with E-state index < -0.39 is 47.9 Å². The Bertz CT molecular complexity index is 705. The van der Waals surface area contributed by atoms with Crippen LogP contribution in [0.4, 0.5) is 0 Å². The van der Waals surface area contributed by atoms with Crippen LogP contribution < -0.4 is 33.2 Å². The van der Waals surface area contributed by atoms with E-state index in [1.807, 2.05) is 20.1 Å². The van der Waals surface area contributed by atoms with Crippen molar-refractivity contribution in [2.24, 2.45) is 28.1 Å². The molecule has 0 saturated carbocycles. The second-order valence-electron chi connectivity index (χ2n) is 8.17. The van der Waals surface area contributed by atoms with Gasteiger partial charge in [-0.2, -0.15) is 24.4 Å². The largest absolute Gasteiger partial charge is 0.480 e. The molecular formula is C20H39N7O5S2. The number of carbonyl (C=O) groups excluding carboxylic acids is 3. The Morgan fingerprint density at radius 2 is 1.50 bits per heavy atom. The smallest absolute Gasteiger partial charge is 0.327 e. The van der Waals surface area contributed by atoms with Gasteiger partial charge in [0.1, 0.15) is 18.1 Å². The third-order valence-corrected chi connectivity index (χ3v) is 5.69. The molecule has 0 aliphatic rings. The van der Waals surface area contributed by atoms with E-state index >= 15 is 0 Å². The van der Waals surface area contributed by atoms with Crippen LogP contribution in [0, 0.1) is 5.92 Å². The lowest BCUT2D eigenvalue weighted by atomic mass is 10.0. The number of amides is 3. The van der Waals surface area contributed by atoms with Gasteiger partial charge in [-0.25, -0.2) is 4.79 Å². The molecule has 3 amide bonds. The molecular weight excluding hydrogens is 482 g/mol. The fraction of sp³-hybridized carbons (Fsp3) is 0.750. The minimum Gasteiger partial charge on any atom is -0.480 e. The van der Waals surface area contributed by atoms with Crippen LogP contribution in [-0.4, -0.2) is 83.2 Å². The fourth-order valence-electron chi connectivity index (χ4n) is 2.90. The van der Waals surface area contributed by atoms with Crippen molar-refractivity contribution in [1.82, 2.24) is 16.0 Å². The average Bonchev–Trinajstić information content (AvgIpc) is 2.75. The minimum atomic E-state index is -1.23. The first-order valence-corrected chi connectivity index (χ1v) is 13.0. The first kappa shape index (κ1) is 31.8. The van der Waals surface area contributed by atoms with Gasteiger partial charge in [0.2, 0.25) is 17.7 Å². The summed E-state index contributed by atoms with van der Waals surface area (Å²) < 4.78 is 0. The standard InChI is InChI=1S/C20H39N7O5S2/c1-11(2)9-12(21)16(28)25-13(5-4-7-24-20(22)23)17(29)26-14(6-8-34-3)18(30)27-15(10-33)19(31)32/h11-15,33H,4-10,21H2,1-3H3,(H,25,28)(H,26,29)(H,27,30)(H,31,32)(H4,22,23,24). The van der Waals surface area contributed by atoms with E-state index in [2.05, 4.69) is 33.6 Å². The summed E-state index contributed by atoms with van der Waals surface area (Å²) in [4.78, 5) is 53.4. The van der Waals surface area contributed by atoms with Gasteiger partial charge in [0, 0.05) is 12.3 Å². The van der Waals surface area contributed by atoms with Crippen LogP contribution in [0.5, 0.6) is 0 Å². The van der Waals surface area contributed by atoms with Gasteiger partial charge in [-0.3, -0.25) is 19.4 Å². The number of carboxylic acids is 1. The summed E-state index contributed by atoms with van der Waals surface area (Å²) in [5.41, 5.74) is 16.6. The number of nitrogens with one attached hydrogen (secondary N) is 3. The van der Waals surface area contributed by atoms with Gasteiger partial charge < -0.3 is 38.3 Å². The number of thioether (sulfide) groups is 1. The van der Waals surface area contributed by atoms with Gasteiger partial charge in [0.25, 0.3) is 0 Å². The molecule has 0 rings (SSSR count). The lowest BCUT2D eigenvalue weighted by Crippen LogP contribution is -2.57. The predicted octanol–water partition coefficient (Wildman–Crippen LogP) is -1.36. The number of guanidine groups is 1. The van der Waals surface area contributed by atoms with Crippen molar-refractivity contribution in [3.63, 3.8) is 0 Å². The van der Waals surface area contributed by atoms with Crippen molar-refractivity contribution in [2.45, 2.75) is 63.7 Å². The van der Waals surface area contributed by atoms with Gasteiger partial charge in [-0.1, -0.05) is 13.8 Å². The van der Waals surface area contributed by atoms with Crippen LogP contribution in [0.1, 0.15) is 39.5 Å². The van der Waals surface area contributed by atoms with Gasteiger partial charge in [-0.05, 0) is 43.6 Å². The highest BCUT2D eigenvalue weighted by molar-refractivity contribution is 7.98. The van der Waals surface area contributed by atoms with Crippen LogP contribution in [0.25, 0.3) is 0 Å². The van der Waals surface area contributed by atoms with Crippen LogP contribution in [-0.2, 0) is 19.2 Å². The maximum atomic E-state index is 13.0. The van der Waals surface area contributed by atoms with E-state index in [1.54, 1.807) is 0 Å². The molecule has 0 aromatic carbocycles. The summed E-state index contributed by atoms with van der Waals surface area (Å²) in [7, 11) is 0. The monoisotopic (exact) mass is 521 g/mol. The second kappa shape index (κ2) is 17.3. The van der Waals surface area contributed by atoms with Crippen molar-refractivity contribution in [3.05, 3.63) is 0 Å². The Kier molecular flexibility index (Phi) is 16.2.